The molecular formula is C27H31N3O3. The van der Waals surface area contributed by atoms with E-state index in [-0.39, 0.29) is 35.6 Å². The number of phenolic OH excluding ortho intramolecular Hbond substituents is 1. The lowest BCUT2D eigenvalue weighted by Crippen LogP contribution is -2.51. The van der Waals surface area contributed by atoms with Gasteiger partial charge in [0.2, 0.25) is 0 Å². The molecule has 1 unspecified atom stereocenters. The number of hydrogen-bond donors (Lipinski definition) is 1. The summed E-state index contributed by atoms with van der Waals surface area (Å²) in [5.41, 5.74) is 2.86. The maximum atomic E-state index is 13.2. The number of nitrogens with zero attached hydrogens (tertiary/aromatic N) is 3. The topological polar surface area (TPSA) is 57.9 Å². The molecule has 1 amide bonds. The fourth-order valence-electron chi connectivity index (χ4n) is 5.87. The second kappa shape index (κ2) is 9.04. The zero-order valence-electron chi connectivity index (χ0n) is 19.2. The molecule has 1 aromatic heterocycles. The van der Waals surface area contributed by atoms with Crippen LogP contribution in [0.4, 0.5) is 0 Å². The molecule has 172 valence electrons. The van der Waals surface area contributed by atoms with Gasteiger partial charge >= 0.3 is 0 Å². The second-order valence-electron chi connectivity index (χ2n) is 9.11. The third kappa shape index (κ3) is 3.94. The van der Waals surface area contributed by atoms with Gasteiger partial charge in [-0.05, 0) is 67.3 Å². The van der Waals surface area contributed by atoms with Crippen molar-refractivity contribution in [3.8, 4) is 5.75 Å². The predicted octanol–water partition coefficient (Wildman–Crippen LogP) is 4.45. The van der Waals surface area contributed by atoms with Crippen molar-refractivity contribution in [1.29, 1.82) is 0 Å². The van der Waals surface area contributed by atoms with Crippen LogP contribution in [0.5, 0.6) is 5.75 Å². The second-order valence-corrected chi connectivity index (χ2v) is 9.11. The van der Waals surface area contributed by atoms with Gasteiger partial charge in [0.15, 0.2) is 0 Å². The van der Waals surface area contributed by atoms with Gasteiger partial charge in [-0.3, -0.25) is 14.5 Å². The summed E-state index contributed by atoms with van der Waals surface area (Å²) in [5.74, 6) is 0.499. The molecule has 6 heteroatoms. The van der Waals surface area contributed by atoms with Gasteiger partial charge in [-0.15, -0.1) is 0 Å². The van der Waals surface area contributed by atoms with Gasteiger partial charge in [0, 0.05) is 43.0 Å². The number of piperidine rings is 1. The van der Waals surface area contributed by atoms with E-state index in [0.717, 1.165) is 42.7 Å². The Morgan fingerprint density at radius 3 is 2.58 bits per heavy atom. The van der Waals surface area contributed by atoms with E-state index < -0.39 is 0 Å². The highest BCUT2D eigenvalue weighted by Gasteiger charge is 2.49. The summed E-state index contributed by atoms with van der Waals surface area (Å²) < 4.78 is 2.21. The summed E-state index contributed by atoms with van der Waals surface area (Å²) in [6, 6.07) is 19.6. The van der Waals surface area contributed by atoms with E-state index in [2.05, 4.69) is 53.0 Å². The van der Waals surface area contributed by atoms with Crippen molar-refractivity contribution in [1.82, 2.24) is 14.5 Å². The average Bonchev–Trinajstić information content (AvgIpc) is 3.44. The summed E-state index contributed by atoms with van der Waals surface area (Å²) >= 11 is 0. The van der Waals surface area contributed by atoms with E-state index in [9.17, 15) is 9.90 Å². The van der Waals surface area contributed by atoms with Crippen LogP contribution in [0.1, 0.15) is 46.8 Å². The molecule has 33 heavy (non-hydrogen) atoms. The van der Waals surface area contributed by atoms with Crippen molar-refractivity contribution >= 4 is 5.91 Å². The molecule has 6 nitrogen and oxygen atoms in total. The minimum absolute atomic E-state index is 0.0792. The molecular weight excluding hydrogens is 414 g/mol. The number of fused-ring (bicyclic) bond motifs is 1. The molecule has 1 fully saturated rings. The third-order valence-corrected chi connectivity index (χ3v) is 7.46. The highest BCUT2D eigenvalue weighted by Crippen LogP contribution is 2.50. The van der Waals surface area contributed by atoms with Crippen LogP contribution in [0.25, 0.3) is 0 Å². The number of aromatic hydroxyl groups is 1. The van der Waals surface area contributed by atoms with Crippen LogP contribution in [0.2, 0.25) is 0 Å². The molecule has 0 spiro atoms. The quantitative estimate of drug-likeness (QED) is 0.609. The first kappa shape index (κ1) is 21.7. The Labute approximate surface area is 195 Å². The summed E-state index contributed by atoms with van der Waals surface area (Å²) in [6.07, 6.45) is 5.15. The number of phenols is 1. The van der Waals surface area contributed by atoms with Crippen molar-refractivity contribution in [2.24, 2.45) is 5.92 Å². The lowest BCUT2D eigenvalue weighted by Gasteiger charge is -2.48. The van der Waals surface area contributed by atoms with E-state index >= 15 is 0 Å². The molecule has 1 N–H and O–H groups in total. The van der Waals surface area contributed by atoms with Gasteiger partial charge in [-0.1, -0.05) is 30.3 Å². The number of rotatable bonds is 6. The van der Waals surface area contributed by atoms with Crippen LogP contribution in [0.3, 0.4) is 0 Å². The Bertz CT molecular complexity index is 1110. The van der Waals surface area contributed by atoms with E-state index in [1.807, 2.05) is 30.3 Å². The van der Waals surface area contributed by atoms with Gasteiger partial charge in [0.1, 0.15) is 5.75 Å². The first-order valence-corrected chi connectivity index (χ1v) is 11.7. The zero-order valence-corrected chi connectivity index (χ0v) is 19.2. The number of aromatic nitrogens is 1. The normalized spacial score (nSPS) is 25.4. The minimum Gasteiger partial charge on any atom is -0.508 e. The molecule has 2 aromatic carbocycles. The van der Waals surface area contributed by atoms with Crippen molar-refractivity contribution in [3.63, 3.8) is 0 Å². The highest BCUT2D eigenvalue weighted by atomic mass is 16.7. The first-order valence-electron chi connectivity index (χ1n) is 11.7. The smallest absolute Gasteiger partial charge is 0.278 e. The molecule has 0 saturated carbocycles. The fourth-order valence-corrected chi connectivity index (χ4v) is 5.87. The Balaban J connectivity index is 1.53. The number of amides is 1. The maximum absolute atomic E-state index is 13.2. The molecule has 4 atom stereocenters. The van der Waals surface area contributed by atoms with Crippen LogP contribution in [0.15, 0.2) is 73.1 Å². The molecule has 3 aromatic rings. The van der Waals surface area contributed by atoms with Crippen molar-refractivity contribution < 1.29 is 14.7 Å². The van der Waals surface area contributed by atoms with Crippen LogP contribution in [-0.4, -0.2) is 51.8 Å². The summed E-state index contributed by atoms with van der Waals surface area (Å²) in [7, 11) is 1.58. The van der Waals surface area contributed by atoms with Crippen LogP contribution in [0, 0.1) is 5.92 Å². The molecule has 0 aliphatic carbocycles. The van der Waals surface area contributed by atoms with E-state index in [1.165, 1.54) is 0 Å². The van der Waals surface area contributed by atoms with E-state index in [0.29, 0.717) is 0 Å². The van der Waals surface area contributed by atoms with E-state index in [1.54, 1.807) is 18.2 Å². The minimum atomic E-state index is -0.185. The molecule has 2 aliphatic rings. The molecule has 1 saturated heterocycles. The van der Waals surface area contributed by atoms with Crippen molar-refractivity contribution in [3.05, 3.63) is 89.7 Å². The number of hydrogen-bond acceptors (Lipinski definition) is 4. The summed E-state index contributed by atoms with van der Waals surface area (Å²) in [5, 5.41) is 11.8. The Kier molecular flexibility index (Phi) is 5.96. The fraction of sp³-hybridized carbons (Fsp3) is 0.370. The summed E-state index contributed by atoms with van der Waals surface area (Å²) in [4.78, 5) is 21.4. The van der Waals surface area contributed by atoms with Gasteiger partial charge in [0.25, 0.3) is 5.91 Å². The predicted molar refractivity (Wildman–Crippen MR) is 127 cm³/mol. The Morgan fingerprint density at radius 2 is 1.82 bits per heavy atom. The number of carbonyl (C=O) groups excluding carboxylic acids is 1. The number of hydroxylamine groups is 2. The zero-order chi connectivity index (χ0) is 22.9. The van der Waals surface area contributed by atoms with Gasteiger partial charge in [-0.2, -0.15) is 0 Å². The third-order valence-electron chi connectivity index (χ3n) is 7.46. The first-order chi connectivity index (χ1) is 16.1. The average molecular weight is 446 g/mol. The van der Waals surface area contributed by atoms with Gasteiger partial charge in [-0.25, -0.2) is 5.06 Å². The maximum Gasteiger partial charge on any atom is 0.278 e. The van der Waals surface area contributed by atoms with E-state index in [4.69, 9.17) is 4.84 Å². The lowest BCUT2D eigenvalue weighted by molar-refractivity contribution is -0.144. The van der Waals surface area contributed by atoms with Crippen molar-refractivity contribution in [2.45, 2.75) is 37.9 Å². The highest BCUT2D eigenvalue weighted by molar-refractivity contribution is 5.98. The molecule has 3 heterocycles. The molecule has 0 radical (unpaired) electrons. The van der Waals surface area contributed by atoms with Crippen LogP contribution in [-0.2, 0) is 11.4 Å². The van der Waals surface area contributed by atoms with Crippen molar-refractivity contribution in [2.75, 3.05) is 20.2 Å². The van der Waals surface area contributed by atoms with Crippen LogP contribution < -0.4 is 0 Å². The lowest BCUT2D eigenvalue weighted by atomic mass is 9.71. The van der Waals surface area contributed by atoms with Gasteiger partial charge < -0.3 is 9.67 Å². The molecule has 5 rings (SSSR count). The van der Waals surface area contributed by atoms with Crippen LogP contribution >= 0.6 is 0 Å². The van der Waals surface area contributed by atoms with Gasteiger partial charge in [0.05, 0.1) is 13.2 Å². The number of carbonyl (C=O) groups is 1. The largest absolute Gasteiger partial charge is 0.508 e. The standard InChI is InChI=1S/C27H31N3O3/c1-19-25(26-23-10-3-4-11-24(23)27(32)30(26)33-2)22(20-8-7-9-21(31)18-20)12-15-29(19)17-16-28-13-5-6-14-28/h3-11,13-14,18-19,22,25-26,31H,12,15-17H2,1-2H3/t19-,22+,25-,26?/m1/s1. The molecule has 0 bridgehead atoms. The summed E-state index contributed by atoms with van der Waals surface area (Å²) in [6.45, 7) is 5.10. The number of likely N-dealkylation sites (tertiary alicyclic amines) is 1. The molecule has 2 aliphatic heterocycles. The SMILES string of the molecule is CON1C(=O)c2ccccc2C1[C@@H]1[C@@H](C)N(CCn2cccc2)CC[C@H]1c1cccc(O)c1. The monoisotopic (exact) mass is 445 g/mol. The number of benzene rings is 2. The Morgan fingerprint density at radius 1 is 1.03 bits per heavy atom. The Hall–Kier alpha value is -3.09.